The molecule has 0 saturated heterocycles. The first-order valence-electron chi connectivity index (χ1n) is 10.2. The van der Waals surface area contributed by atoms with E-state index in [2.05, 4.69) is 25.9 Å². The third kappa shape index (κ3) is 7.14. The normalized spacial score (nSPS) is 10.4. The molecule has 0 fully saturated rings. The number of rotatable bonds is 9. The van der Waals surface area contributed by atoms with Crippen molar-refractivity contribution in [1.29, 1.82) is 5.26 Å². The lowest BCUT2D eigenvalue weighted by Crippen LogP contribution is -2.21. The van der Waals surface area contributed by atoms with Crippen LogP contribution in [0.25, 0.3) is 0 Å². The number of ether oxygens (including phenoxy) is 1. The molecule has 3 N–H and O–H groups in total. The molecule has 0 aliphatic heterocycles. The molecular weight excluding hydrogens is 447 g/mol. The predicted octanol–water partition coefficient (Wildman–Crippen LogP) is 4.52. The summed E-state index contributed by atoms with van der Waals surface area (Å²) in [6.07, 6.45) is 3.18. The van der Waals surface area contributed by atoms with Crippen LogP contribution >= 0.6 is 11.6 Å². The van der Waals surface area contributed by atoms with Crippen molar-refractivity contribution in [1.82, 2.24) is 15.3 Å². The van der Waals surface area contributed by atoms with Crippen LogP contribution in [0, 0.1) is 17.1 Å². The molecule has 8 nitrogen and oxygen atoms in total. The number of halogens is 2. The fourth-order valence-electron chi connectivity index (χ4n) is 2.94. The zero-order valence-corrected chi connectivity index (χ0v) is 18.6. The van der Waals surface area contributed by atoms with Gasteiger partial charge in [0.25, 0.3) is 0 Å². The van der Waals surface area contributed by atoms with Gasteiger partial charge in [-0.15, -0.1) is 0 Å². The molecule has 170 valence electrons. The average molecular weight is 469 g/mol. The van der Waals surface area contributed by atoms with E-state index < -0.39 is 6.03 Å². The predicted molar refractivity (Wildman–Crippen MR) is 124 cm³/mol. The number of urea groups is 1. The minimum atomic E-state index is -0.556. The van der Waals surface area contributed by atoms with E-state index in [1.807, 2.05) is 13.0 Å². The Balaban J connectivity index is 1.61. The molecule has 3 aromatic rings. The van der Waals surface area contributed by atoms with Gasteiger partial charge in [-0.2, -0.15) is 5.26 Å². The summed E-state index contributed by atoms with van der Waals surface area (Å²) in [6.45, 7) is 3.50. The summed E-state index contributed by atoms with van der Waals surface area (Å²) in [7, 11) is 0. The van der Waals surface area contributed by atoms with E-state index >= 15 is 0 Å². The number of hydrogen-bond acceptors (Lipinski definition) is 6. The van der Waals surface area contributed by atoms with Crippen molar-refractivity contribution in [2.24, 2.45) is 0 Å². The van der Waals surface area contributed by atoms with Gasteiger partial charge in [0.1, 0.15) is 17.6 Å². The number of benzene rings is 2. The Bertz CT molecular complexity index is 1130. The number of hydrogen-bond donors (Lipinski definition) is 3. The molecule has 10 heteroatoms. The minimum absolute atomic E-state index is 0.147. The van der Waals surface area contributed by atoms with Gasteiger partial charge in [-0.25, -0.2) is 19.2 Å². The summed E-state index contributed by atoms with van der Waals surface area (Å²) in [5, 5.41) is 17.8. The van der Waals surface area contributed by atoms with Crippen LogP contribution < -0.4 is 20.7 Å². The Labute approximate surface area is 195 Å². The van der Waals surface area contributed by atoms with E-state index in [4.69, 9.17) is 21.6 Å². The van der Waals surface area contributed by atoms with Crippen molar-refractivity contribution in [2.45, 2.75) is 19.9 Å². The van der Waals surface area contributed by atoms with Gasteiger partial charge >= 0.3 is 6.03 Å². The van der Waals surface area contributed by atoms with Crippen LogP contribution in [0.3, 0.4) is 0 Å². The first kappa shape index (κ1) is 23.9. The molecule has 1 aromatic heterocycles. The van der Waals surface area contributed by atoms with E-state index in [1.165, 1.54) is 24.5 Å². The third-order valence-corrected chi connectivity index (χ3v) is 4.87. The summed E-state index contributed by atoms with van der Waals surface area (Å²) in [4.78, 5) is 20.2. The van der Waals surface area contributed by atoms with Gasteiger partial charge in [0.2, 0.25) is 0 Å². The van der Waals surface area contributed by atoms with Crippen LogP contribution in [0.1, 0.15) is 23.7 Å². The van der Waals surface area contributed by atoms with Gasteiger partial charge < -0.3 is 15.4 Å². The second-order valence-corrected chi connectivity index (χ2v) is 7.31. The second kappa shape index (κ2) is 11.8. The number of nitrogens with one attached hydrogen (secondary N) is 3. The number of carbonyl (C=O) groups is 1. The molecule has 0 radical (unpaired) electrons. The topological polar surface area (TPSA) is 112 Å². The molecule has 2 amide bonds. The first-order valence-corrected chi connectivity index (χ1v) is 10.6. The Morgan fingerprint density at radius 3 is 2.64 bits per heavy atom. The summed E-state index contributed by atoms with van der Waals surface area (Å²) in [5.74, 6) is 0.414. The van der Waals surface area contributed by atoms with Crippen molar-refractivity contribution in [3.63, 3.8) is 0 Å². The van der Waals surface area contributed by atoms with Crippen LogP contribution in [0.15, 0.2) is 48.8 Å². The van der Waals surface area contributed by atoms with Crippen LogP contribution in [0.5, 0.6) is 5.75 Å². The van der Waals surface area contributed by atoms with Crippen molar-refractivity contribution in [3.8, 4) is 11.8 Å². The lowest BCUT2D eigenvalue weighted by atomic mass is 10.1. The monoisotopic (exact) mass is 468 g/mol. The Morgan fingerprint density at radius 2 is 1.97 bits per heavy atom. The fourth-order valence-corrected chi connectivity index (χ4v) is 3.20. The lowest BCUT2D eigenvalue weighted by Gasteiger charge is -2.15. The number of nitrogens with zero attached hydrogens (tertiary/aromatic N) is 3. The molecule has 33 heavy (non-hydrogen) atoms. The molecule has 0 bridgehead atoms. The van der Waals surface area contributed by atoms with Crippen LogP contribution in [-0.2, 0) is 13.0 Å². The van der Waals surface area contributed by atoms with Crippen LogP contribution in [0.4, 0.5) is 20.7 Å². The average Bonchev–Trinajstić information content (AvgIpc) is 2.81. The first-order chi connectivity index (χ1) is 16.0. The van der Waals surface area contributed by atoms with E-state index in [-0.39, 0.29) is 17.3 Å². The fraction of sp³-hybridized carbons (Fsp3) is 0.217. The largest absolute Gasteiger partial charge is 0.492 e. The quantitative estimate of drug-likeness (QED) is 0.398. The van der Waals surface area contributed by atoms with Gasteiger partial charge in [-0.05, 0) is 55.3 Å². The number of nitriles is 1. The molecule has 0 saturated carbocycles. The highest BCUT2D eigenvalue weighted by Crippen LogP contribution is 2.32. The summed E-state index contributed by atoms with van der Waals surface area (Å²) >= 11 is 6.44. The molecule has 0 atom stereocenters. The van der Waals surface area contributed by atoms with Crippen LogP contribution in [-0.4, -0.2) is 29.2 Å². The zero-order valence-electron chi connectivity index (χ0n) is 17.9. The van der Waals surface area contributed by atoms with Gasteiger partial charge in [0.15, 0.2) is 11.5 Å². The zero-order chi connectivity index (χ0) is 23.6. The maximum atomic E-state index is 13.0. The molecule has 3 rings (SSSR count). The summed E-state index contributed by atoms with van der Waals surface area (Å²) in [6, 6.07) is 11.1. The number of anilines is 2. The molecule has 0 spiro atoms. The Hall–Kier alpha value is -3.74. The minimum Gasteiger partial charge on any atom is -0.492 e. The van der Waals surface area contributed by atoms with Crippen molar-refractivity contribution < 1.29 is 13.9 Å². The number of aromatic nitrogens is 2. The maximum absolute atomic E-state index is 13.0. The number of carbonyl (C=O) groups excluding carboxylic acids is 1. The lowest BCUT2D eigenvalue weighted by molar-refractivity contribution is 0.262. The van der Waals surface area contributed by atoms with Gasteiger partial charge in [0, 0.05) is 11.6 Å². The highest BCUT2D eigenvalue weighted by molar-refractivity contribution is 6.31. The van der Waals surface area contributed by atoms with Gasteiger partial charge in [-0.1, -0.05) is 23.7 Å². The highest BCUT2D eigenvalue weighted by atomic mass is 35.5. The molecule has 2 aromatic carbocycles. The smallest absolute Gasteiger partial charge is 0.325 e. The molecule has 1 heterocycles. The van der Waals surface area contributed by atoms with Gasteiger partial charge in [0.05, 0.1) is 24.7 Å². The van der Waals surface area contributed by atoms with Gasteiger partial charge in [-0.3, -0.25) is 5.32 Å². The standard InChI is InChI=1S/C23H22ClFN6O2/c1-2-33-21-9-16(7-8-27-12-15-3-5-17(25)6-4-15)19(24)10-20(21)30-23(32)31-22-14-28-18(11-26)13-29-22/h3-6,9-10,13-14,27H,2,7-8,12H2,1H3,(H2,29,30,31,32). The van der Waals surface area contributed by atoms with Crippen molar-refractivity contribution >= 4 is 29.1 Å². The SMILES string of the molecule is CCOc1cc(CCNCc2ccc(F)cc2)c(Cl)cc1NC(=O)Nc1cnc(C#N)cn1. The Morgan fingerprint density at radius 1 is 1.18 bits per heavy atom. The molecule has 0 unspecified atom stereocenters. The van der Waals surface area contributed by atoms with Crippen molar-refractivity contribution in [2.75, 3.05) is 23.8 Å². The van der Waals surface area contributed by atoms with E-state index in [1.54, 1.807) is 24.3 Å². The maximum Gasteiger partial charge on any atom is 0.325 e. The van der Waals surface area contributed by atoms with E-state index in [9.17, 15) is 9.18 Å². The van der Waals surface area contributed by atoms with Crippen LogP contribution in [0.2, 0.25) is 5.02 Å². The number of amides is 2. The molecular formula is C23H22ClFN6O2. The van der Waals surface area contributed by atoms with E-state index in [0.29, 0.717) is 42.6 Å². The molecule has 0 aliphatic rings. The molecule has 0 aliphatic carbocycles. The van der Waals surface area contributed by atoms with Crippen molar-refractivity contribution in [3.05, 3.63) is 76.5 Å². The highest BCUT2D eigenvalue weighted by Gasteiger charge is 2.13. The Kier molecular flexibility index (Phi) is 8.52. The second-order valence-electron chi connectivity index (χ2n) is 6.90. The van der Waals surface area contributed by atoms with E-state index in [0.717, 1.165) is 11.1 Å². The summed E-state index contributed by atoms with van der Waals surface area (Å²) < 4.78 is 18.7. The summed E-state index contributed by atoms with van der Waals surface area (Å²) in [5.41, 5.74) is 2.39. The third-order valence-electron chi connectivity index (χ3n) is 4.52.